The van der Waals surface area contributed by atoms with E-state index >= 15 is 0 Å². The molecule has 0 spiro atoms. The van der Waals surface area contributed by atoms with Crippen LogP contribution >= 0.6 is 11.6 Å². The van der Waals surface area contributed by atoms with Crippen molar-refractivity contribution in [2.24, 2.45) is 0 Å². The van der Waals surface area contributed by atoms with Crippen LogP contribution in [0.15, 0.2) is 12.1 Å². The highest BCUT2D eigenvalue weighted by Crippen LogP contribution is 2.36. The van der Waals surface area contributed by atoms with Crippen molar-refractivity contribution in [2.45, 2.75) is 13.0 Å². The molecule has 0 amide bonds. The zero-order valence-corrected chi connectivity index (χ0v) is 9.36. The second kappa shape index (κ2) is 5.58. The van der Waals surface area contributed by atoms with Crippen LogP contribution in [0.2, 0.25) is 5.02 Å². The van der Waals surface area contributed by atoms with Crippen molar-refractivity contribution in [3.05, 3.63) is 32.8 Å². The van der Waals surface area contributed by atoms with Gasteiger partial charge in [-0.25, -0.2) is 0 Å². The maximum atomic E-state index is 12.2. The number of carbonyl (C=O) groups is 1. The molecule has 0 atom stereocenters. The number of aliphatic carboxylic acids is 1. The van der Waals surface area contributed by atoms with E-state index in [1.54, 1.807) is 0 Å². The Morgan fingerprint density at radius 3 is 2.61 bits per heavy atom. The monoisotopic (exact) mass is 281 g/mol. The number of nitro groups is 1. The fourth-order valence-electron chi connectivity index (χ4n) is 1.30. The lowest BCUT2D eigenvalue weighted by Gasteiger charge is -2.11. The van der Waals surface area contributed by atoms with Gasteiger partial charge in [0, 0.05) is 6.07 Å². The number of halogens is 3. The van der Waals surface area contributed by atoms with E-state index in [9.17, 15) is 23.7 Å². The number of ether oxygens (including phenoxy) is 1. The van der Waals surface area contributed by atoms with Gasteiger partial charge in [0.1, 0.15) is 0 Å². The maximum Gasteiger partial charge on any atom is 0.387 e. The van der Waals surface area contributed by atoms with Gasteiger partial charge in [0.05, 0.1) is 21.9 Å². The summed E-state index contributed by atoms with van der Waals surface area (Å²) in [6.07, 6.45) is -0.848. The van der Waals surface area contributed by atoms with E-state index in [4.69, 9.17) is 16.7 Å². The van der Waals surface area contributed by atoms with Crippen LogP contribution in [0.25, 0.3) is 0 Å². The molecule has 1 N–H and O–H groups in total. The number of carboxylic acids is 1. The van der Waals surface area contributed by atoms with E-state index in [2.05, 4.69) is 4.74 Å². The van der Waals surface area contributed by atoms with Crippen LogP contribution in [-0.2, 0) is 11.2 Å². The van der Waals surface area contributed by atoms with E-state index in [0.717, 1.165) is 12.1 Å². The summed E-state index contributed by atoms with van der Waals surface area (Å²) in [6, 6.07) is 1.92. The molecule has 0 saturated carbocycles. The van der Waals surface area contributed by atoms with Crippen LogP contribution in [0.3, 0.4) is 0 Å². The lowest BCUT2D eigenvalue weighted by Crippen LogP contribution is -2.10. The van der Waals surface area contributed by atoms with Gasteiger partial charge in [0.15, 0.2) is 5.75 Å². The van der Waals surface area contributed by atoms with Crippen molar-refractivity contribution >= 4 is 23.3 Å². The third-order valence-electron chi connectivity index (χ3n) is 1.92. The average Bonchev–Trinajstić information content (AvgIpc) is 2.21. The molecule has 0 radical (unpaired) electrons. The Labute approximate surface area is 104 Å². The van der Waals surface area contributed by atoms with E-state index in [1.807, 2.05) is 0 Å². The molecule has 0 unspecified atom stereocenters. The summed E-state index contributed by atoms with van der Waals surface area (Å²) in [4.78, 5) is 20.4. The third kappa shape index (κ3) is 3.27. The Balaban J connectivity index is 3.39. The lowest BCUT2D eigenvalue weighted by atomic mass is 10.1. The van der Waals surface area contributed by atoms with Gasteiger partial charge < -0.3 is 9.84 Å². The Hall–Kier alpha value is -1.96. The highest BCUT2D eigenvalue weighted by atomic mass is 35.5. The summed E-state index contributed by atoms with van der Waals surface area (Å²) in [5.41, 5.74) is -1.14. The molecule has 0 aliphatic carbocycles. The summed E-state index contributed by atoms with van der Waals surface area (Å²) in [7, 11) is 0. The first kappa shape index (κ1) is 14.1. The molecule has 6 nitrogen and oxygen atoms in total. The fourth-order valence-corrected chi connectivity index (χ4v) is 1.52. The average molecular weight is 282 g/mol. The Bertz CT molecular complexity index is 494. The highest BCUT2D eigenvalue weighted by molar-refractivity contribution is 6.32. The van der Waals surface area contributed by atoms with Crippen molar-refractivity contribution in [2.75, 3.05) is 0 Å². The number of hydrogen-bond acceptors (Lipinski definition) is 4. The van der Waals surface area contributed by atoms with Crippen molar-refractivity contribution < 1.29 is 28.3 Å². The minimum Gasteiger partial charge on any atom is -0.481 e. The molecule has 18 heavy (non-hydrogen) atoms. The second-order valence-corrected chi connectivity index (χ2v) is 3.49. The van der Waals surface area contributed by atoms with E-state index in [1.165, 1.54) is 0 Å². The van der Waals surface area contributed by atoms with Crippen LogP contribution in [0.5, 0.6) is 5.75 Å². The molecular weight excluding hydrogens is 276 g/mol. The number of nitrogens with zero attached hydrogens (tertiary/aromatic N) is 1. The Kier molecular flexibility index (Phi) is 4.38. The second-order valence-electron chi connectivity index (χ2n) is 3.08. The molecule has 0 heterocycles. The largest absolute Gasteiger partial charge is 0.481 e. The zero-order valence-electron chi connectivity index (χ0n) is 8.60. The van der Waals surface area contributed by atoms with Crippen LogP contribution in [-0.4, -0.2) is 22.6 Å². The van der Waals surface area contributed by atoms with Crippen LogP contribution in [0, 0.1) is 10.1 Å². The van der Waals surface area contributed by atoms with Gasteiger partial charge >= 0.3 is 12.6 Å². The number of nitro benzene ring substituents is 1. The number of benzene rings is 1. The minimum atomic E-state index is -3.27. The van der Waals surface area contributed by atoms with Crippen molar-refractivity contribution in [3.8, 4) is 5.75 Å². The normalized spacial score (nSPS) is 10.4. The Morgan fingerprint density at radius 2 is 2.17 bits per heavy atom. The molecule has 0 aliphatic rings. The number of carboxylic acid groups (broad SMARTS) is 1. The highest BCUT2D eigenvalue weighted by Gasteiger charge is 2.25. The zero-order chi connectivity index (χ0) is 13.9. The topological polar surface area (TPSA) is 89.7 Å². The predicted octanol–water partition coefficient (Wildman–Crippen LogP) is 2.48. The molecule has 0 bridgehead atoms. The first-order chi connectivity index (χ1) is 8.32. The summed E-state index contributed by atoms with van der Waals surface area (Å²) >= 11 is 5.56. The Morgan fingerprint density at radius 1 is 1.56 bits per heavy atom. The molecule has 9 heteroatoms. The molecule has 0 aliphatic heterocycles. The number of alkyl halides is 2. The minimum absolute atomic E-state index is 0.322. The predicted molar refractivity (Wildman–Crippen MR) is 56.1 cm³/mol. The third-order valence-corrected chi connectivity index (χ3v) is 2.22. The molecule has 0 aromatic heterocycles. The molecule has 98 valence electrons. The molecule has 1 aromatic carbocycles. The summed E-state index contributed by atoms with van der Waals surface area (Å²) in [5.74, 6) is -2.12. The first-order valence-electron chi connectivity index (χ1n) is 4.45. The van der Waals surface area contributed by atoms with Gasteiger partial charge in [-0.2, -0.15) is 8.78 Å². The van der Waals surface area contributed by atoms with Gasteiger partial charge in [-0.1, -0.05) is 11.6 Å². The van der Waals surface area contributed by atoms with Crippen molar-refractivity contribution in [1.82, 2.24) is 0 Å². The van der Waals surface area contributed by atoms with Crippen molar-refractivity contribution in [3.63, 3.8) is 0 Å². The first-order valence-corrected chi connectivity index (χ1v) is 4.83. The summed E-state index contributed by atoms with van der Waals surface area (Å²) < 4.78 is 28.3. The molecule has 1 rings (SSSR count). The van der Waals surface area contributed by atoms with Crippen LogP contribution in [0.1, 0.15) is 5.56 Å². The molecule has 0 fully saturated rings. The quantitative estimate of drug-likeness (QED) is 0.661. The van der Waals surface area contributed by atoms with Gasteiger partial charge in [-0.3, -0.25) is 14.9 Å². The van der Waals surface area contributed by atoms with E-state index in [-0.39, 0.29) is 5.02 Å². The fraction of sp³-hybridized carbons (Fsp3) is 0.222. The SMILES string of the molecule is O=C(O)Cc1c([N+](=O)[O-])ccc(Cl)c1OC(F)F. The van der Waals surface area contributed by atoms with Crippen LogP contribution < -0.4 is 4.74 Å². The van der Waals surface area contributed by atoms with Crippen LogP contribution in [0.4, 0.5) is 14.5 Å². The van der Waals surface area contributed by atoms with E-state index in [0.29, 0.717) is 0 Å². The standard InChI is InChI=1S/C9H6ClF2NO5/c10-5-1-2-6(13(16)17)4(3-7(14)15)8(5)18-9(11)12/h1-2,9H,3H2,(H,14,15). The lowest BCUT2D eigenvalue weighted by molar-refractivity contribution is -0.385. The van der Waals surface area contributed by atoms with Gasteiger partial charge in [-0.05, 0) is 6.07 Å². The summed E-state index contributed by atoms with van der Waals surface area (Å²) in [6.45, 7) is -3.27. The van der Waals surface area contributed by atoms with Gasteiger partial charge in [-0.15, -0.1) is 0 Å². The van der Waals surface area contributed by atoms with E-state index < -0.39 is 40.9 Å². The maximum absolute atomic E-state index is 12.2. The summed E-state index contributed by atoms with van der Waals surface area (Å²) in [5, 5.41) is 19.0. The van der Waals surface area contributed by atoms with Crippen molar-refractivity contribution in [1.29, 1.82) is 0 Å². The smallest absolute Gasteiger partial charge is 0.387 e. The molecular formula is C9H6ClF2NO5. The van der Waals surface area contributed by atoms with Gasteiger partial charge in [0.2, 0.25) is 0 Å². The molecule has 1 aromatic rings. The molecule has 0 saturated heterocycles. The number of hydrogen-bond donors (Lipinski definition) is 1. The van der Waals surface area contributed by atoms with Gasteiger partial charge in [0.25, 0.3) is 5.69 Å². The number of rotatable bonds is 5.